The van der Waals surface area contributed by atoms with Crippen LogP contribution in [0.1, 0.15) is 258 Å². The Balaban J connectivity index is 0. The minimum Gasteiger partial charge on any atom is -0.395 e. The SMILES string of the molecule is CCCCCCCCCCCCCCCCCCCCC(O)(CCCCCCCCCCCCCCCCCCCC)C(CO)(CO)CO.OP(O)OP(O)O. The maximum absolute atomic E-state index is 11.7. The van der Waals surface area contributed by atoms with Crippen molar-refractivity contribution in [2.75, 3.05) is 19.8 Å². The van der Waals surface area contributed by atoms with E-state index in [0.29, 0.717) is 12.8 Å². The van der Waals surface area contributed by atoms with Crippen molar-refractivity contribution in [2.24, 2.45) is 5.41 Å². The summed E-state index contributed by atoms with van der Waals surface area (Å²) in [6.45, 7) is 3.43. The van der Waals surface area contributed by atoms with Gasteiger partial charge in [0.15, 0.2) is 0 Å². The first-order chi connectivity index (χ1) is 27.2. The van der Waals surface area contributed by atoms with Crippen molar-refractivity contribution in [3.05, 3.63) is 0 Å². The predicted molar refractivity (Wildman–Crippen MR) is 239 cm³/mol. The van der Waals surface area contributed by atoms with Crippen LogP contribution in [-0.2, 0) is 4.31 Å². The van der Waals surface area contributed by atoms with Crippen LogP contribution in [0.4, 0.5) is 0 Å². The summed E-state index contributed by atoms with van der Waals surface area (Å²) in [5.74, 6) is 0. The van der Waals surface area contributed by atoms with Crippen molar-refractivity contribution in [3.63, 3.8) is 0 Å². The van der Waals surface area contributed by atoms with Gasteiger partial charge in [0.1, 0.15) is 0 Å². The van der Waals surface area contributed by atoms with Crippen LogP contribution in [0.3, 0.4) is 0 Å². The van der Waals surface area contributed by atoms with E-state index < -0.39 is 28.2 Å². The Morgan fingerprint density at radius 2 is 0.500 bits per heavy atom. The molecule has 0 aromatic heterocycles. The molecule has 56 heavy (non-hydrogen) atoms. The molecule has 0 bridgehead atoms. The molecule has 0 radical (unpaired) electrons. The fraction of sp³-hybridized carbons (Fsp3) is 1.00. The maximum atomic E-state index is 11.7. The van der Waals surface area contributed by atoms with Crippen molar-refractivity contribution < 1.29 is 44.3 Å². The first kappa shape index (κ1) is 58.6. The predicted octanol–water partition coefficient (Wildman–Crippen LogP) is 13.0. The van der Waals surface area contributed by atoms with Crippen LogP contribution in [0.2, 0.25) is 0 Å². The quantitative estimate of drug-likeness (QED) is 0.0220. The molecule has 0 aromatic rings. The Bertz CT molecular complexity index is 690. The molecule has 8 N–H and O–H groups in total. The van der Waals surface area contributed by atoms with Crippen LogP contribution in [0, 0.1) is 5.41 Å². The molecule has 0 aliphatic carbocycles. The Labute approximate surface area is 349 Å². The van der Waals surface area contributed by atoms with E-state index in [1.807, 2.05) is 0 Å². The van der Waals surface area contributed by atoms with Crippen LogP contribution in [0.5, 0.6) is 0 Å². The van der Waals surface area contributed by atoms with Crippen LogP contribution in [0.25, 0.3) is 0 Å². The zero-order valence-electron chi connectivity index (χ0n) is 36.9. The van der Waals surface area contributed by atoms with Gasteiger partial charge in [-0.3, -0.25) is 0 Å². The molecule has 0 aliphatic heterocycles. The first-order valence-corrected chi connectivity index (χ1v) is 26.1. The third-order valence-corrected chi connectivity index (χ3v) is 13.1. The summed E-state index contributed by atoms with van der Waals surface area (Å²) >= 11 is 0. The molecule has 0 aromatic carbocycles. The molecule has 0 saturated heterocycles. The summed E-state index contributed by atoms with van der Waals surface area (Å²) in [6.07, 6.45) is 48.9. The van der Waals surface area contributed by atoms with Crippen LogP contribution in [-0.4, -0.2) is 65.4 Å². The van der Waals surface area contributed by atoms with Gasteiger partial charge in [-0.2, -0.15) is 0 Å². The summed E-state index contributed by atoms with van der Waals surface area (Å²) in [7, 11) is -5.22. The molecular formula is C45H96O9P2. The van der Waals surface area contributed by atoms with Crippen molar-refractivity contribution >= 4 is 17.2 Å². The van der Waals surface area contributed by atoms with Crippen LogP contribution in [0.15, 0.2) is 0 Å². The number of aliphatic hydroxyl groups is 4. The zero-order chi connectivity index (χ0) is 41.9. The van der Waals surface area contributed by atoms with Gasteiger partial charge in [-0.15, -0.1) is 0 Å². The Hall–Kier alpha value is 0.500. The fourth-order valence-corrected chi connectivity index (χ4v) is 8.47. The number of aliphatic hydroxyl groups excluding tert-OH is 3. The first-order valence-electron chi connectivity index (χ1n) is 23.8. The number of rotatable bonds is 44. The van der Waals surface area contributed by atoms with Crippen molar-refractivity contribution in [1.82, 2.24) is 0 Å². The topological polar surface area (TPSA) is 171 Å². The van der Waals surface area contributed by atoms with Gasteiger partial charge in [-0.1, -0.05) is 245 Å². The summed E-state index contributed by atoms with van der Waals surface area (Å²) in [5, 5.41) is 42.1. The second kappa shape index (κ2) is 45.0. The van der Waals surface area contributed by atoms with Gasteiger partial charge in [0.05, 0.1) is 30.8 Å². The highest BCUT2D eigenvalue weighted by Gasteiger charge is 2.48. The van der Waals surface area contributed by atoms with Gasteiger partial charge >= 0.3 is 17.2 Å². The molecule has 11 heteroatoms. The minimum absolute atomic E-state index is 0.380. The standard InChI is InChI=1S/C45H92O4.H4O5P2/c1-3-5-7-9-11-13-15-17-19-21-23-25-27-29-31-33-35-37-39-45(49,44(41-46,42-47)43-48)40-38-36-34-32-30-28-26-24-22-20-18-16-14-12-10-8-6-4-2;1-6(2)5-7(3)4/h46-49H,3-43H2,1-2H3;1-4H. The number of hydrogen-bond acceptors (Lipinski definition) is 9. The normalized spacial score (nSPS) is 12.2. The monoisotopic (exact) mass is 843 g/mol. The van der Waals surface area contributed by atoms with E-state index in [0.717, 1.165) is 25.7 Å². The summed E-state index contributed by atoms with van der Waals surface area (Å²) in [4.78, 5) is 31.3. The lowest BCUT2D eigenvalue weighted by Gasteiger charge is -2.44. The third-order valence-electron chi connectivity index (χ3n) is 11.9. The lowest BCUT2D eigenvalue weighted by atomic mass is 9.68. The number of hydrogen-bond donors (Lipinski definition) is 8. The van der Waals surface area contributed by atoms with Gasteiger partial charge in [0.25, 0.3) is 0 Å². The third kappa shape index (κ3) is 37.5. The van der Waals surface area contributed by atoms with E-state index in [1.165, 1.54) is 205 Å². The molecule has 0 rings (SSSR count). The van der Waals surface area contributed by atoms with Gasteiger partial charge in [-0.05, 0) is 12.8 Å². The van der Waals surface area contributed by atoms with E-state index in [1.54, 1.807) is 0 Å². The molecule has 0 saturated carbocycles. The molecule has 0 aliphatic rings. The minimum atomic E-state index is -2.61. The second-order valence-corrected chi connectivity index (χ2v) is 18.6. The highest BCUT2D eigenvalue weighted by atomic mass is 31.2. The lowest BCUT2D eigenvalue weighted by molar-refractivity contribution is -0.162. The molecule has 0 fully saturated rings. The average Bonchev–Trinajstić information content (AvgIpc) is 3.17. The van der Waals surface area contributed by atoms with Gasteiger partial charge < -0.3 is 40.0 Å². The van der Waals surface area contributed by atoms with Crippen LogP contribution < -0.4 is 0 Å². The Morgan fingerprint density at radius 3 is 0.643 bits per heavy atom. The Morgan fingerprint density at radius 1 is 0.321 bits per heavy atom. The average molecular weight is 843 g/mol. The molecular weight excluding hydrogens is 746 g/mol. The number of unbranched alkanes of at least 4 members (excludes halogenated alkanes) is 34. The molecule has 0 spiro atoms. The van der Waals surface area contributed by atoms with E-state index >= 15 is 0 Å². The molecule has 0 heterocycles. The van der Waals surface area contributed by atoms with Crippen molar-refractivity contribution in [3.8, 4) is 0 Å². The van der Waals surface area contributed by atoms with E-state index in [-0.39, 0.29) is 19.8 Å². The zero-order valence-corrected chi connectivity index (χ0v) is 38.7. The molecule has 0 atom stereocenters. The fourth-order valence-electron chi connectivity index (χ4n) is 7.95. The summed E-state index contributed by atoms with van der Waals surface area (Å²) < 4.78 is 3.60. The van der Waals surface area contributed by atoms with E-state index in [4.69, 9.17) is 19.6 Å². The lowest BCUT2D eigenvalue weighted by Crippen LogP contribution is -2.55. The van der Waals surface area contributed by atoms with E-state index in [2.05, 4.69) is 18.2 Å². The van der Waals surface area contributed by atoms with Gasteiger partial charge in [0.2, 0.25) is 0 Å². The molecule has 0 amide bonds. The Kier molecular flexibility index (Phi) is 47.1. The summed E-state index contributed by atoms with van der Waals surface area (Å²) in [6, 6.07) is 0. The van der Waals surface area contributed by atoms with Crippen molar-refractivity contribution in [1.29, 1.82) is 0 Å². The maximum Gasteiger partial charge on any atom is 0.334 e. The van der Waals surface area contributed by atoms with Gasteiger partial charge in [-0.25, -0.2) is 4.31 Å². The summed E-state index contributed by atoms with van der Waals surface area (Å²) in [5.41, 5.74) is -2.44. The van der Waals surface area contributed by atoms with Crippen LogP contribution >= 0.6 is 17.2 Å². The smallest absolute Gasteiger partial charge is 0.334 e. The highest BCUT2D eigenvalue weighted by Crippen LogP contribution is 2.42. The largest absolute Gasteiger partial charge is 0.395 e. The molecule has 9 nitrogen and oxygen atoms in total. The van der Waals surface area contributed by atoms with Gasteiger partial charge in [0, 0.05) is 0 Å². The van der Waals surface area contributed by atoms with E-state index in [9.17, 15) is 20.4 Å². The second-order valence-electron chi connectivity index (χ2n) is 16.9. The molecule has 0 unspecified atom stereocenters. The van der Waals surface area contributed by atoms with Crippen molar-refractivity contribution in [2.45, 2.75) is 263 Å². The highest BCUT2D eigenvalue weighted by molar-refractivity contribution is 7.53. The molecule has 340 valence electrons.